The van der Waals surface area contributed by atoms with E-state index in [1.807, 2.05) is 4.57 Å². The Hall–Kier alpha value is -4.48. The third kappa shape index (κ3) is 8.26. The van der Waals surface area contributed by atoms with Gasteiger partial charge in [-0.2, -0.15) is 0 Å². The third-order valence-electron chi connectivity index (χ3n) is 6.50. The zero-order valence-corrected chi connectivity index (χ0v) is 24.0. The van der Waals surface area contributed by atoms with E-state index >= 15 is 0 Å². The Morgan fingerprint density at radius 2 is 1.90 bits per heavy atom. The van der Waals surface area contributed by atoms with Gasteiger partial charge in [0.25, 0.3) is 5.56 Å². The predicted molar refractivity (Wildman–Crippen MR) is 154 cm³/mol. The Morgan fingerprint density at radius 3 is 2.56 bits per heavy atom. The van der Waals surface area contributed by atoms with Gasteiger partial charge in [-0.3, -0.25) is 14.4 Å². The lowest BCUT2D eigenvalue weighted by Crippen LogP contribution is -2.37. The quantitative estimate of drug-likeness (QED) is 0.321. The van der Waals surface area contributed by atoms with E-state index in [9.17, 15) is 28.7 Å². The molecule has 0 aliphatic rings. The van der Waals surface area contributed by atoms with Crippen molar-refractivity contribution in [1.29, 1.82) is 0 Å². The van der Waals surface area contributed by atoms with Crippen LogP contribution in [0.1, 0.15) is 32.5 Å². The van der Waals surface area contributed by atoms with Crippen LogP contribution in [0.2, 0.25) is 0 Å². The van der Waals surface area contributed by atoms with E-state index in [1.165, 1.54) is 40.8 Å². The summed E-state index contributed by atoms with van der Waals surface area (Å²) in [5.74, 6) is -1.04. The van der Waals surface area contributed by atoms with Crippen LogP contribution in [-0.4, -0.2) is 74.6 Å². The minimum atomic E-state index is -1.19. The maximum Gasteiger partial charge on any atom is 0.407 e. The highest BCUT2D eigenvalue weighted by Gasteiger charge is 2.23. The van der Waals surface area contributed by atoms with E-state index in [4.69, 9.17) is 0 Å². The number of imidazole rings is 1. The van der Waals surface area contributed by atoms with Crippen LogP contribution in [0.15, 0.2) is 53.5 Å². The number of anilines is 1. The van der Waals surface area contributed by atoms with Crippen LogP contribution in [0.3, 0.4) is 0 Å². The Balaban J connectivity index is 1.83. The van der Waals surface area contributed by atoms with Crippen LogP contribution in [0, 0.1) is 17.7 Å². The predicted octanol–water partition coefficient (Wildman–Crippen LogP) is 3.63. The normalized spacial score (nSPS) is 12.2. The summed E-state index contributed by atoms with van der Waals surface area (Å²) in [4.78, 5) is 56.8. The van der Waals surface area contributed by atoms with Gasteiger partial charge < -0.3 is 29.4 Å². The van der Waals surface area contributed by atoms with Crippen molar-refractivity contribution in [3.05, 3.63) is 70.7 Å². The molecule has 2 N–H and O–H groups in total. The molecule has 0 saturated carbocycles. The van der Waals surface area contributed by atoms with E-state index in [-0.39, 0.29) is 37.0 Å². The number of amides is 3. The smallest absolute Gasteiger partial charge is 0.407 e. The molecule has 0 radical (unpaired) electrons. The molecule has 220 valence electrons. The largest absolute Gasteiger partial charge is 0.465 e. The number of allylic oxidation sites excluding steroid dienone is 1. The number of likely N-dealkylation sites (N-methyl/N-ethyl adjacent to an activating group) is 1. The highest BCUT2D eigenvalue weighted by atomic mass is 19.1. The molecule has 1 aromatic carbocycles. The molecule has 12 heteroatoms. The second-order valence-corrected chi connectivity index (χ2v) is 10.6. The molecule has 0 fully saturated rings. The molecule has 0 saturated heterocycles. The number of aromatic nitrogens is 3. The van der Waals surface area contributed by atoms with Gasteiger partial charge >= 0.3 is 6.09 Å². The topological polar surface area (TPSA) is 130 Å². The summed E-state index contributed by atoms with van der Waals surface area (Å²) >= 11 is 0. The van der Waals surface area contributed by atoms with E-state index in [0.29, 0.717) is 24.3 Å². The fourth-order valence-electron chi connectivity index (χ4n) is 4.33. The summed E-state index contributed by atoms with van der Waals surface area (Å²) in [7, 11) is 4.60. The zero-order chi connectivity index (χ0) is 30.3. The molecule has 3 aromatic rings. The first kappa shape index (κ1) is 31.1. The number of nitrogens with one attached hydrogen (secondary N) is 1. The summed E-state index contributed by atoms with van der Waals surface area (Å²) in [6.45, 7) is 4.73. The summed E-state index contributed by atoms with van der Waals surface area (Å²) in [6, 6.07) is 7.51. The number of rotatable bonds is 12. The second kappa shape index (κ2) is 13.7. The van der Waals surface area contributed by atoms with Gasteiger partial charge in [0.05, 0.1) is 23.5 Å². The van der Waals surface area contributed by atoms with Gasteiger partial charge in [0.2, 0.25) is 11.8 Å². The van der Waals surface area contributed by atoms with E-state index in [1.54, 1.807) is 38.5 Å². The van der Waals surface area contributed by atoms with Gasteiger partial charge in [-0.15, -0.1) is 0 Å². The van der Waals surface area contributed by atoms with E-state index in [0.717, 1.165) is 10.4 Å². The Labute approximate surface area is 237 Å². The van der Waals surface area contributed by atoms with Gasteiger partial charge in [0.15, 0.2) is 0 Å². The fraction of sp³-hybridized carbons (Fsp3) is 0.414. The van der Waals surface area contributed by atoms with Gasteiger partial charge in [-0.05, 0) is 49.1 Å². The fourth-order valence-corrected chi connectivity index (χ4v) is 4.33. The van der Waals surface area contributed by atoms with Crippen molar-refractivity contribution in [1.82, 2.24) is 23.9 Å². The summed E-state index contributed by atoms with van der Waals surface area (Å²) < 4.78 is 17.2. The molecule has 0 bridgehead atoms. The summed E-state index contributed by atoms with van der Waals surface area (Å²) in [5.41, 5.74) is 0.831. The van der Waals surface area contributed by atoms with Crippen molar-refractivity contribution < 1.29 is 23.9 Å². The summed E-state index contributed by atoms with van der Waals surface area (Å²) in [6.07, 6.45) is 4.04. The number of hydrogen-bond donors (Lipinski definition) is 2. The van der Waals surface area contributed by atoms with Crippen LogP contribution in [0.4, 0.5) is 14.9 Å². The summed E-state index contributed by atoms with van der Waals surface area (Å²) in [5, 5.41) is 12.0. The van der Waals surface area contributed by atoms with Crippen molar-refractivity contribution in [2.75, 3.05) is 33.0 Å². The second-order valence-electron chi connectivity index (χ2n) is 10.6. The number of nitrogens with zero attached hydrogens (tertiary/aromatic N) is 5. The monoisotopic (exact) mass is 568 g/mol. The number of carboxylic acid groups (broad SMARTS) is 1. The van der Waals surface area contributed by atoms with Crippen LogP contribution in [0.25, 0.3) is 11.0 Å². The average molecular weight is 569 g/mol. The standard InChI is InChI=1S/C29H37FN6O5/c1-19(2)16-36-24-13-12-21(30)15-23(24)31-25(36)18-35-14-8-10-22(28(35)39)32-27(38)20(17-34(5)29(40)41)9-6-7-11-26(37)33(3)4/h7-8,10-15,19-20H,6,9,16-18H2,1-5H3,(H,32,38)(H,40,41)/b11-7+/t20-/m0/s1. The molecule has 1 atom stereocenters. The molecule has 3 rings (SSSR count). The average Bonchev–Trinajstić information content (AvgIpc) is 3.22. The maximum absolute atomic E-state index is 13.9. The van der Waals surface area contributed by atoms with Gasteiger partial charge in [-0.1, -0.05) is 19.9 Å². The van der Waals surface area contributed by atoms with Crippen molar-refractivity contribution in [3.63, 3.8) is 0 Å². The number of benzene rings is 1. The molecule has 0 aliphatic carbocycles. The van der Waals surface area contributed by atoms with Gasteiger partial charge in [0.1, 0.15) is 17.3 Å². The van der Waals surface area contributed by atoms with Crippen molar-refractivity contribution in [2.24, 2.45) is 11.8 Å². The van der Waals surface area contributed by atoms with Crippen LogP contribution >= 0.6 is 0 Å². The van der Waals surface area contributed by atoms with Crippen LogP contribution in [-0.2, 0) is 22.7 Å². The van der Waals surface area contributed by atoms with Crippen LogP contribution < -0.4 is 10.9 Å². The van der Waals surface area contributed by atoms with E-state index in [2.05, 4.69) is 24.1 Å². The van der Waals surface area contributed by atoms with Gasteiger partial charge in [0, 0.05) is 46.5 Å². The number of carbonyl (C=O) groups is 3. The number of pyridine rings is 1. The molecule has 2 heterocycles. The molecular formula is C29H37FN6O5. The maximum atomic E-state index is 13.9. The molecule has 41 heavy (non-hydrogen) atoms. The number of hydrogen-bond acceptors (Lipinski definition) is 5. The van der Waals surface area contributed by atoms with Crippen molar-refractivity contribution >= 4 is 34.6 Å². The Kier molecular flexibility index (Phi) is 10.4. The molecule has 0 aliphatic heterocycles. The molecular weight excluding hydrogens is 531 g/mol. The van der Waals surface area contributed by atoms with Gasteiger partial charge in [-0.25, -0.2) is 14.2 Å². The Bertz CT molecular complexity index is 1490. The highest BCUT2D eigenvalue weighted by Crippen LogP contribution is 2.20. The first-order chi connectivity index (χ1) is 19.4. The molecule has 11 nitrogen and oxygen atoms in total. The zero-order valence-electron chi connectivity index (χ0n) is 24.0. The van der Waals surface area contributed by atoms with Crippen molar-refractivity contribution in [2.45, 2.75) is 39.8 Å². The van der Waals surface area contributed by atoms with Crippen molar-refractivity contribution in [3.8, 4) is 0 Å². The lowest BCUT2D eigenvalue weighted by Gasteiger charge is -2.21. The lowest BCUT2D eigenvalue weighted by atomic mass is 10.0. The first-order valence-corrected chi connectivity index (χ1v) is 13.3. The third-order valence-corrected chi connectivity index (χ3v) is 6.50. The minimum absolute atomic E-state index is 0.0383. The first-order valence-electron chi connectivity index (χ1n) is 13.3. The molecule has 0 unspecified atom stereocenters. The molecule has 3 amide bonds. The number of fused-ring (bicyclic) bond motifs is 1. The molecule has 0 spiro atoms. The lowest BCUT2D eigenvalue weighted by molar-refractivity contribution is -0.123. The van der Waals surface area contributed by atoms with Crippen LogP contribution in [0.5, 0.6) is 0 Å². The highest BCUT2D eigenvalue weighted by molar-refractivity contribution is 5.92. The SMILES string of the molecule is CC(C)Cn1c(Cn2cccc(NC(=O)[C@@H](CC/C=C/C(=O)N(C)C)CN(C)C(=O)O)c2=O)nc2cc(F)ccc21. The number of halogens is 1. The molecule has 2 aromatic heterocycles. The van der Waals surface area contributed by atoms with E-state index < -0.39 is 29.3 Å². The minimum Gasteiger partial charge on any atom is -0.465 e. The number of carbonyl (C=O) groups excluding carboxylic acids is 2. The Morgan fingerprint density at radius 1 is 1.17 bits per heavy atom.